The number of benzene rings is 1. The second-order valence-corrected chi connectivity index (χ2v) is 4.27. The summed E-state index contributed by atoms with van der Waals surface area (Å²) in [6, 6.07) is 7.00. The number of hydrogen-bond acceptors (Lipinski definition) is 4. The van der Waals surface area contributed by atoms with Crippen LogP contribution in [0.2, 0.25) is 0 Å². The molecule has 1 N–H and O–H groups in total. The van der Waals surface area contributed by atoms with Gasteiger partial charge in [-0.3, -0.25) is 0 Å². The predicted octanol–water partition coefficient (Wildman–Crippen LogP) is 2.12. The molecule has 0 aromatic heterocycles. The van der Waals surface area contributed by atoms with E-state index in [2.05, 4.69) is 10.8 Å². The summed E-state index contributed by atoms with van der Waals surface area (Å²) in [5.74, 6) is -0.704. The maximum Gasteiger partial charge on any atom is 0.341 e. The van der Waals surface area contributed by atoms with E-state index < -0.39 is 11.4 Å². The van der Waals surface area contributed by atoms with Crippen molar-refractivity contribution in [1.82, 2.24) is 0 Å². The number of esters is 1. The largest absolute Gasteiger partial charge is 0.507 e. The predicted molar refractivity (Wildman–Crippen MR) is 60.6 cm³/mol. The van der Waals surface area contributed by atoms with Crippen LogP contribution in [0.4, 0.5) is 0 Å². The lowest BCUT2D eigenvalue weighted by Crippen LogP contribution is -2.32. The Labute approximate surface area is 99.4 Å². The van der Waals surface area contributed by atoms with Gasteiger partial charge >= 0.3 is 5.97 Å². The third-order valence-electron chi connectivity index (χ3n) is 3.38. The van der Waals surface area contributed by atoms with Crippen LogP contribution in [0.25, 0.3) is 0 Å². The molecule has 1 saturated carbocycles. The number of phenols is 1. The van der Waals surface area contributed by atoms with Crippen LogP contribution in [-0.2, 0) is 10.2 Å². The van der Waals surface area contributed by atoms with Crippen molar-refractivity contribution < 1.29 is 14.6 Å². The first-order valence-electron chi connectivity index (χ1n) is 5.46. The van der Waals surface area contributed by atoms with E-state index in [1.807, 2.05) is 0 Å². The molecule has 0 atom stereocenters. The summed E-state index contributed by atoms with van der Waals surface area (Å²) in [5, 5.41) is 18.8. The summed E-state index contributed by atoms with van der Waals surface area (Å²) in [6.45, 7) is 0. The van der Waals surface area contributed by atoms with E-state index >= 15 is 0 Å². The Kier molecular flexibility index (Phi) is 2.76. The second kappa shape index (κ2) is 4.10. The summed E-state index contributed by atoms with van der Waals surface area (Å²) < 4.78 is 4.59. The normalized spacial score (nSPS) is 16.7. The van der Waals surface area contributed by atoms with Crippen molar-refractivity contribution in [1.29, 1.82) is 5.26 Å². The molecule has 1 aliphatic carbocycles. The topological polar surface area (TPSA) is 70.3 Å². The molecule has 1 aromatic rings. The quantitative estimate of drug-likeness (QED) is 0.791. The zero-order valence-electron chi connectivity index (χ0n) is 9.56. The van der Waals surface area contributed by atoms with Crippen LogP contribution in [-0.4, -0.2) is 18.2 Å². The lowest BCUT2D eigenvalue weighted by molar-refractivity contribution is 0.0597. The highest BCUT2D eigenvalue weighted by Gasteiger charge is 2.39. The number of phenolic OH excluding ortho intramolecular Hbond substituents is 1. The van der Waals surface area contributed by atoms with Crippen LogP contribution in [0.3, 0.4) is 0 Å². The van der Waals surface area contributed by atoms with E-state index in [9.17, 15) is 15.2 Å². The fourth-order valence-electron chi connectivity index (χ4n) is 2.10. The van der Waals surface area contributed by atoms with Crippen molar-refractivity contribution in [3.63, 3.8) is 0 Å². The Hall–Kier alpha value is -2.02. The minimum absolute atomic E-state index is 0.117. The minimum Gasteiger partial charge on any atom is -0.507 e. The maximum atomic E-state index is 11.4. The highest BCUT2D eigenvalue weighted by atomic mass is 16.5. The molecule has 0 radical (unpaired) electrons. The number of nitrogens with zero attached hydrogens (tertiary/aromatic N) is 1. The van der Waals surface area contributed by atoms with Crippen LogP contribution in [0, 0.1) is 11.3 Å². The van der Waals surface area contributed by atoms with Crippen molar-refractivity contribution >= 4 is 5.97 Å². The summed E-state index contributed by atoms with van der Waals surface area (Å²) in [6.07, 6.45) is 2.62. The number of carbonyl (C=O) groups is 1. The molecule has 0 heterocycles. The highest BCUT2D eigenvalue weighted by Crippen LogP contribution is 2.44. The van der Waals surface area contributed by atoms with Crippen molar-refractivity contribution in [2.75, 3.05) is 7.11 Å². The van der Waals surface area contributed by atoms with Gasteiger partial charge in [0.25, 0.3) is 0 Å². The number of nitriles is 1. The molecule has 17 heavy (non-hydrogen) atoms. The summed E-state index contributed by atoms with van der Waals surface area (Å²) >= 11 is 0. The third-order valence-corrected chi connectivity index (χ3v) is 3.38. The van der Waals surface area contributed by atoms with Crippen molar-refractivity contribution in [3.05, 3.63) is 29.3 Å². The first kappa shape index (κ1) is 11.5. The zero-order valence-corrected chi connectivity index (χ0v) is 9.56. The molecule has 2 rings (SSSR count). The summed E-state index contributed by atoms with van der Waals surface area (Å²) in [7, 11) is 1.26. The van der Waals surface area contributed by atoms with Crippen molar-refractivity contribution in [3.8, 4) is 11.8 Å². The molecule has 1 aromatic carbocycles. The van der Waals surface area contributed by atoms with Gasteiger partial charge in [-0.05, 0) is 37.0 Å². The minimum atomic E-state index is -0.586. The Morgan fingerprint density at radius 1 is 1.53 bits per heavy atom. The number of rotatable bonds is 2. The third kappa shape index (κ3) is 1.74. The van der Waals surface area contributed by atoms with Gasteiger partial charge in [-0.2, -0.15) is 5.26 Å². The molecule has 0 unspecified atom stereocenters. The molecule has 0 spiro atoms. The van der Waals surface area contributed by atoms with E-state index in [4.69, 9.17) is 0 Å². The second-order valence-electron chi connectivity index (χ2n) is 4.27. The zero-order chi connectivity index (χ0) is 12.5. The summed E-state index contributed by atoms with van der Waals surface area (Å²) in [4.78, 5) is 11.4. The molecule has 4 heteroatoms. The molecule has 0 amide bonds. The first-order valence-corrected chi connectivity index (χ1v) is 5.46. The summed E-state index contributed by atoms with van der Waals surface area (Å²) in [5.41, 5.74) is 0.409. The Balaban J connectivity index is 2.45. The van der Waals surface area contributed by atoms with Crippen LogP contribution >= 0.6 is 0 Å². The molecular weight excluding hydrogens is 218 g/mol. The molecule has 0 aliphatic heterocycles. The van der Waals surface area contributed by atoms with E-state index in [1.165, 1.54) is 13.2 Å². The van der Waals surface area contributed by atoms with Gasteiger partial charge in [-0.1, -0.05) is 6.07 Å². The molecule has 0 saturated heterocycles. The average Bonchev–Trinajstić information content (AvgIpc) is 2.29. The average molecular weight is 231 g/mol. The molecule has 0 bridgehead atoms. The van der Waals surface area contributed by atoms with Crippen molar-refractivity contribution in [2.45, 2.75) is 24.7 Å². The number of carbonyl (C=O) groups excluding carboxylic acids is 1. The van der Waals surface area contributed by atoms with Crippen LogP contribution in [0.15, 0.2) is 18.2 Å². The van der Waals surface area contributed by atoms with Gasteiger partial charge < -0.3 is 9.84 Å². The molecule has 88 valence electrons. The first-order chi connectivity index (χ1) is 8.13. The number of methoxy groups -OCH3 is 1. The lowest BCUT2D eigenvalue weighted by atomic mass is 9.65. The molecule has 1 aliphatic rings. The van der Waals surface area contributed by atoms with Crippen molar-refractivity contribution in [2.24, 2.45) is 0 Å². The fourth-order valence-corrected chi connectivity index (χ4v) is 2.10. The van der Waals surface area contributed by atoms with Gasteiger partial charge in [0, 0.05) is 0 Å². The van der Waals surface area contributed by atoms with E-state index in [0.717, 1.165) is 24.8 Å². The standard InChI is InChI=1S/C13H13NO3/c1-17-12(16)10-7-9(3-4-11(10)15)13(8-14)5-2-6-13/h3-4,7,15H,2,5-6H2,1H3. The molecular formula is C13H13NO3. The SMILES string of the molecule is COC(=O)c1cc(C2(C#N)CCC2)ccc1O. The molecule has 1 fully saturated rings. The van der Waals surface area contributed by atoms with Crippen LogP contribution in [0.5, 0.6) is 5.75 Å². The highest BCUT2D eigenvalue weighted by molar-refractivity contribution is 5.92. The monoisotopic (exact) mass is 231 g/mol. The van der Waals surface area contributed by atoms with Gasteiger partial charge in [0.2, 0.25) is 0 Å². The van der Waals surface area contributed by atoms with Crippen LogP contribution in [0.1, 0.15) is 35.2 Å². The smallest absolute Gasteiger partial charge is 0.341 e. The van der Waals surface area contributed by atoms with E-state index in [0.29, 0.717) is 0 Å². The molecule has 4 nitrogen and oxygen atoms in total. The number of ether oxygens (including phenoxy) is 1. The van der Waals surface area contributed by atoms with Gasteiger partial charge in [-0.25, -0.2) is 4.79 Å². The van der Waals surface area contributed by atoms with Gasteiger partial charge in [0.05, 0.1) is 18.6 Å². The van der Waals surface area contributed by atoms with Gasteiger partial charge in [0.1, 0.15) is 11.3 Å². The Morgan fingerprint density at radius 3 is 2.71 bits per heavy atom. The number of aromatic hydroxyl groups is 1. The van der Waals surface area contributed by atoms with Crippen LogP contribution < -0.4 is 0 Å². The van der Waals surface area contributed by atoms with Gasteiger partial charge in [0.15, 0.2) is 0 Å². The lowest BCUT2D eigenvalue weighted by Gasteiger charge is -2.35. The maximum absolute atomic E-state index is 11.4. The Morgan fingerprint density at radius 2 is 2.24 bits per heavy atom. The van der Waals surface area contributed by atoms with E-state index in [1.54, 1.807) is 12.1 Å². The number of hydrogen-bond donors (Lipinski definition) is 1. The van der Waals surface area contributed by atoms with E-state index in [-0.39, 0.29) is 11.3 Å². The van der Waals surface area contributed by atoms with Gasteiger partial charge in [-0.15, -0.1) is 0 Å². The fraction of sp³-hybridized carbons (Fsp3) is 0.385. The Bertz CT molecular complexity index is 498.